The summed E-state index contributed by atoms with van der Waals surface area (Å²) in [6, 6.07) is 5.62. The van der Waals surface area contributed by atoms with Crippen molar-refractivity contribution in [3.8, 4) is 0 Å². The molecule has 0 bridgehead atoms. The molecule has 0 saturated carbocycles. The van der Waals surface area contributed by atoms with E-state index in [0.29, 0.717) is 5.69 Å². The van der Waals surface area contributed by atoms with Crippen LogP contribution in [0.2, 0.25) is 0 Å². The number of halogens is 1. The number of hydrogen-bond donors (Lipinski definition) is 3. The Morgan fingerprint density at radius 1 is 1.37 bits per heavy atom. The third kappa shape index (κ3) is 3.67. The molecule has 2 amide bonds. The van der Waals surface area contributed by atoms with E-state index in [4.69, 9.17) is 0 Å². The maximum atomic E-state index is 12.8. The van der Waals surface area contributed by atoms with Crippen LogP contribution in [0.4, 0.5) is 14.9 Å². The second kappa shape index (κ2) is 5.57. The van der Waals surface area contributed by atoms with Gasteiger partial charge in [0.2, 0.25) is 0 Å². The third-order valence-electron chi connectivity index (χ3n) is 3.54. The Balaban J connectivity index is 1.92. The molecule has 0 aromatic heterocycles. The lowest BCUT2D eigenvalue weighted by atomic mass is 9.80. The molecule has 19 heavy (non-hydrogen) atoms. The van der Waals surface area contributed by atoms with Crippen molar-refractivity contribution in [3.63, 3.8) is 0 Å². The number of benzene rings is 1. The van der Waals surface area contributed by atoms with Crippen LogP contribution >= 0.6 is 0 Å². The van der Waals surface area contributed by atoms with Crippen LogP contribution in [0.15, 0.2) is 24.3 Å². The highest BCUT2D eigenvalue weighted by Gasteiger charge is 2.33. The summed E-state index contributed by atoms with van der Waals surface area (Å²) in [5.74, 6) is -0.314. The van der Waals surface area contributed by atoms with Gasteiger partial charge in [-0.05, 0) is 42.6 Å². The SMILES string of the molecule is CC1(C)CNCCC1NC(=O)Nc1ccc(F)cc1. The molecule has 1 fully saturated rings. The van der Waals surface area contributed by atoms with E-state index in [1.807, 2.05) is 0 Å². The summed E-state index contributed by atoms with van der Waals surface area (Å²) in [4.78, 5) is 11.9. The fraction of sp³-hybridized carbons (Fsp3) is 0.500. The Hall–Kier alpha value is -1.62. The number of piperidine rings is 1. The van der Waals surface area contributed by atoms with Gasteiger partial charge in [-0.25, -0.2) is 9.18 Å². The highest BCUT2D eigenvalue weighted by Crippen LogP contribution is 2.25. The molecule has 5 heteroatoms. The van der Waals surface area contributed by atoms with Crippen LogP contribution in [0.3, 0.4) is 0 Å². The van der Waals surface area contributed by atoms with Crippen molar-refractivity contribution in [1.29, 1.82) is 0 Å². The minimum absolute atomic E-state index is 0.0262. The Morgan fingerprint density at radius 3 is 2.68 bits per heavy atom. The first-order chi connectivity index (χ1) is 8.97. The van der Waals surface area contributed by atoms with Gasteiger partial charge in [-0.1, -0.05) is 13.8 Å². The maximum Gasteiger partial charge on any atom is 0.319 e. The molecular weight excluding hydrogens is 245 g/mol. The van der Waals surface area contributed by atoms with E-state index in [9.17, 15) is 9.18 Å². The monoisotopic (exact) mass is 265 g/mol. The van der Waals surface area contributed by atoms with E-state index in [-0.39, 0.29) is 23.3 Å². The molecule has 0 radical (unpaired) electrons. The van der Waals surface area contributed by atoms with Crippen molar-refractivity contribution in [2.24, 2.45) is 5.41 Å². The first-order valence-corrected chi connectivity index (χ1v) is 6.51. The summed E-state index contributed by atoms with van der Waals surface area (Å²) < 4.78 is 12.8. The molecule has 1 saturated heterocycles. The Labute approximate surface area is 112 Å². The summed E-state index contributed by atoms with van der Waals surface area (Å²) in [6.45, 7) is 6.05. The fourth-order valence-corrected chi connectivity index (χ4v) is 2.30. The first-order valence-electron chi connectivity index (χ1n) is 6.51. The van der Waals surface area contributed by atoms with E-state index in [0.717, 1.165) is 19.5 Å². The van der Waals surface area contributed by atoms with Crippen LogP contribution in [0.5, 0.6) is 0 Å². The number of anilines is 1. The molecule has 3 N–H and O–H groups in total. The number of hydrogen-bond acceptors (Lipinski definition) is 2. The van der Waals surface area contributed by atoms with Gasteiger partial charge < -0.3 is 16.0 Å². The predicted octanol–water partition coefficient (Wildman–Crippen LogP) is 2.34. The molecular formula is C14H20FN3O. The van der Waals surface area contributed by atoms with Gasteiger partial charge in [0.1, 0.15) is 5.82 Å². The molecule has 1 atom stereocenters. The standard InChI is InChI=1S/C14H20FN3O/c1-14(2)9-16-8-7-12(14)18-13(19)17-11-5-3-10(15)4-6-11/h3-6,12,16H,7-9H2,1-2H3,(H2,17,18,19). The number of amides is 2. The molecule has 1 heterocycles. The van der Waals surface area contributed by atoms with E-state index < -0.39 is 0 Å². The van der Waals surface area contributed by atoms with Crippen LogP contribution < -0.4 is 16.0 Å². The summed E-state index contributed by atoms with van der Waals surface area (Å²) in [7, 11) is 0. The van der Waals surface area contributed by atoms with Gasteiger partial charge in [-0.15, -0.1) is 0 Å². The lowest BCUT2D eigenvalue weighted by Gasteiger charge is -2.39. The zero-order valence-corrected chi connectivity index (χ0v) is 11.3. The Kier molecular flexibility index (Phi) is 4.04. The van der Waals surface area contributed by atoms with Crippen molar-refractivity contribution in [1.82, 2.24) is 10.6 Å². The number of nitrogens with one attached hydrogen (secondary N) is 3. The van der Waals surface area contributed by atoms with E-state index >= 15 is 0 Å². The van der Waals surface area contributed by atoms with Crippen LogP contribution in [0, 0.1) is 11.2 Å². The van der Waals surface area contributed by atoms with Gasteiger partial charge in [0.25, 0.3) is 0 Å². The summed E-state index contributed by atoms with van der Waals surface area (Å²) >= 11 is 0. The molecule has 1 unspecified atom stereocenters. The van der Waals surface area contributed by atoms with Gasteiger partial charge >= 0.3 is 6.03 Å². The van der Waals surface area contributed by atoms with Gasteiger partial charge in [-0.3, -0.25) is 0 Å². The summed E-state index contributed by atoms with van der Waals surface area (Å²) in [6.07, 6.45) is 0.907. The second-order valence-electron chi connectivity index (χ2n) is 5.61. The normalized spacial score (nSPS) is 21.7. The zero-order valence-electron chi connectivity index (χ0n) is 11.3. The number of carbonyl (C=O) groups excluding carboxylic acids is 1. The number of rotatable bonds is 2. The van der Waals surface area contributed by atoms with Crippen molar-refractivity contribution >= 4 is 11.7 Å². The molecule has 0 aliphatic carbocycles. The number of urea groups is 1. The van der Waals surface area contributed by atoms with Gasteiger partial charge in [0.05, 0.1) is 0 Å². The lowest BCUT2D eigenvalue weighted by Crippen LogP contribution is -2.55. The largest absolute Gasteiger partial charge is 0.335 e. The molecule has 1 aliphatic heterocycles. The fourth-order valence-electron chi connectivity index (χ4n) is 2.30. The quantitative estimate of drug-likeness (QED) is 0.768. The summed E-state index contributed by atoms with van der Waals surface area (Å²) in [5, 5.41) is 9.03. The van der Waals surface area contributed by atoms with Crippen LogP contribution in [-0.2, 0) is 0 Å². The second-order valence-corrected chi connectivity index (χ2v) is 5.61. The zero-order chi connectivity index (χ0) is 13.9. The predicted molar refractivity (Wildman–Crippen MR) is 73.6 cm³/mol. The molecule has 4 nitrogen and oxygen atoms in total. The average Bonchev–Trinajstić information content (AvgIpc) is 2.35. The minimum atomic E-state index is -0.314. The highest BCUT2D eigenvalue weighted by atomic mass is 19.1. The molecule has 104 valence electrons. The smallest absolute Gasteiger partial charge is 0.319 e. The van der Waals surface area contributed by atoms with Crippen LogP contribution in [0.1, 0.15) is 20.3 Å². The number of carbonyl (C=O) groups is 1. The summed E-state index contributed by atoms with van der Waals surface area (Å²) in [5.41, 5.74) is 0.615. The van der Waals surface area contributed by atoms with Crippen molar-refractivity contribution in [2.75, 3.05) is 18.4 Å². The Bertz CT molecular complexity index is 445. The maximum absolute atomic E-state index is 12.8. The van der Waals surface area contributed by atoms with Gasteiger partial charge in [0, 0.05) is 18.3 Å². The van der Waals surface area contributed by atoms with E-state index in [1.165, 1.54) is 12.1 Å². The molecule has 1 aromatic carbocycles. The molecule has 1 aromatic rings. The van der Waals surface area contributed by atoms with Crippen molar-refractivity contribution < 1.29 is 9.18 Å². The first kappa shape index (κ1) is 13.8. The molecule has 2 rings (SSSR count). The van der Waals surface area contributed by atoms with Crippen molar-refractivity contribution in [2.45, 2.75) is 26.3 Å². The van der Waals surface area contributed by atoms with Crippen LogP contribution in [0.25, 0.3) is 0 Å². The Morgan fingerprint density at radius 2 is 2.05 bits per heavy atom. The molecule has 0 spiro atoms. The van der Waals surface area contributed by atoms with Gasteiger partial charge in [0.15, 0.2) is 0 Å². The van der Waals surface area contributed by atoms with Gasteiger partial charge in [-0.2, -0.15) is 0 Å². The van der Waals surface area contributed by atoms with Crippen molar-refractivity contribution in [3.05, 3.63) is 30.1 Å². The molecule has 1 aliphatic rings. The van der Waals surface area contributed by atoms with E-state index in [2.05, 4.69) is 29.8 Å². The minimum Gasteiger partial charge on any atom is -0.335 e. The van der Waals surface area contributed by atoms with E-state index in [1.54, 1.807) is 12.1 Å². The topological polar surface area (TPSA) is 53.2 Å². The van der Waals surface area contributed by atoms with Crippen LogP contribution in [-0.4, -0.2) is 25.2 Å². The highest BCUT2D eigenvalue weighted by molar-refractivity contribution is 5.89. The average molecular weight is 265 g/mol. The third-order valence-corrected chi connectivity index (χ3v) is 3.54. The lowest BCUT2D eigenvalue weighted by molar-refractivity contribution is 0.184.